The number of aromatic nitrogens is 7. The Hall–Kier alpha value is -3.47. The second-order valence-electron chi connectivity index (χ2n) is 6.25. The molecule has 1 aromatic carbocycles. The van der Waals surface area contributed by atoms with Crippen LogP contribution >= 0.6 is 11.6 Å². The molecule has 29 heavy (non-hydrogen) atoms. The van der Waals surface area contributed by atoms with Crippen LogP contribution in [0.15, 0.2) is 30.3 Å². The van der Waals surface area contributed by atoms with E-state index in [1.165, 1.54) is 22.9 Å². The molecule has 1 amide bonds. The molecular weight excluding hydrogens is 406 g/mol. The summed E-state index contributed by atoms with van der Waals surface area (Å²) in [4.78, 5) is 15.8. The molecule has 0 fully saturated rings. The predicted octanol–water partition coefficient (Wildman–Crippen LogP) is 2.19. The summed E-state index contributed by atoms with van der Waals surface area (Å²) in [5.74, 6) is -5.02. The van der Waals surface area contributed by atoms with Crippen molar-refractivity contribution in [3.63, 3.8) is 0 Å². The smallest absolute Gasteiger partial charge is 0.351 e. The van der Waals surface area contributed by atoms with Crippen LogP contribution < -0.4 is 5.73 Å². The number of halogens is 3. The minimum atomic E-state index is -3.56. The highest BCUT2D eigenvalue weighted by Crippen LogP contribution is 2.33. The molecule has 0 bridgehead atoms. The first-order chi connectivity index (χ1) is 13.8. The summed E-state index contributed by atoms with van der Waals surface area (Å²) in [6.07, 6.45) is 0. The molecule has 0 unspecified atom stereocenters. The Balaban J connectivity index is 1.84. The van der Waals surface area contributed by atoms with Crippen molar-refractivity contribution in [3.8, 4) is 0 Å². The number of H-pyrrole nitrogens is 1. The molecule has 0 saturated carbocycles. The zero-order chi connectivity index (χ0) is 20.8. The van der Waals surface area contributed by atoms with Gasteiger partial charge in [-0.2, -0.15) is 19.1 Å². The quantitative estimate of drug-likeness (QED) is 0.511. The zero-order valence-corrected chi connectivity index (χ0v) is 15.7. The van der Waals surface area contributed by atoms with E-state index in [9.17, 15) is 13.6 Å². The number of pyridine rings is 1. The lowest BCUT2D eigenvalue weighted by molar-refractivity contribution is 0.0284. The van der Waals surface area contributed by atoms with Gasteiger partial charge in [0.2, 0.25) is 11.7 Å². The first-order valence-electron chi connectivity index (χ1n) is 8.32. The molecule has 0 saturated heterocycles. The highest BCUT2D eigenvalue weighted by atomic mass is 35.5. The fraction of sp³-hybridized carbons (Fsp3) is 0.176. The number of primary amides is 1. The number of hydrogen-bond acceptors (Lipinski definition) is 6. The van der Waals surface area contributed by atoms with E-state index in [0.717, 1.165) is 0 Å². The lowest BCUT2D eigenvalue weighted by Gasteiger charge is -2.13. The molecule has 0 spiro atoms. The number of carbonyl (C=O) groups is 1. The van der Waals surface area contributed by atoms with Crippen LogP contribution in [0.1, 0.15) is 33.1 Å². The largest absolute Gasteiger partial charge is 0.366 e. The highest BCUT2D eigenvalue weighted by molar-refractivity contribution is 6.31. The van der Waals surface area contributed by atoms with Crippen LogP contribution in [-0.2, 0) is 12.5 Å². The van der Waals surface area contributed by atoms with Gasteiger partial charge in [-0.05, 0) is 36.4 Å². The first kappa shape index (κ1) is 18.9. The normalized spacial score (nSPS) is 11.9. The summed E-state index contributed by atoms with van der Waals surface area (Å²) in [7, 11) is 0. The summed E-state index contributed by atoms with van der Waals surface area (Å²) >= 11 is 6.24. The van der Waals surface area contributed by atoms with Crippen molar-refractivity contribution in [1.82, 2.24) is 35.4 Å². The van der Waals surface area contributed by atoms with Gasteiger partial charge in [0.15, 0.2) is 5.65 Å². The number of rotatable bonds is 5. The van der Waals surface area contributed by atoms with Crippen molar-refractivity contribution < 1.29 is 13.6 Å². The molecule has 0 aliphatic heterocycles. The van der Waals surface area contributed by atoms with Gasteiger partial charge in [0, 0.05) is 21.5 Å². The molecule has 9 nitrogen and oxygen atoms in total. The third-order valence-corrected chi connectivity index (χ3v) is 4.77. The monoisotopic (exact) mass is 418 g/mol. The average Bonchev–Trinajstić information content (AvgIpc) is 3.32. The van der Waals surface area contributed by atoms with Gasteiger partial charge in [0.05, 0.1) is 12.2 Å². The Morgan fingerprint density at radius 2 is 2.10 bits per heavy atom. The van der Waals surface area contributed by atoms with E-state index in [1.807, 2.05) is 5.21 Å². The van der Waals surface area contributed by atoms with Crippen molar-refractivity contribution in [1.29, 1.82) is 0 Å². The lowest BCUT2D eigenvalue weighted by Crippen LogP contribution is -2.20. The van der Waals surface area contributed by atoms with Gasteiger partial charge in [-0.15, -0.1) is 10.2 Å². The van der Waals surface area contributed by atoms with Gasteiger partial charge in [0.25, 0.3) is 0 Å². The van der Waals surface area contributed by atoms with E-state index in [2.05, 4.69) is 25.5 Å². The molecule has 4 aromatic rings. The predicted molar refractivity (Wildman–Crippen MR) is 98.5 cm³/mol. The fourth-order valence-corrected chi connectivity index (χ4v) is 3.24. The molecule has 0 aliphatic rings. The Morgan fingerprint density at radius 1 is 1.31 bits per heavy atom. The number of benzene rings is 1. The van der Waals surface area contributed by atoms with Crippen molar-refractivity contribution in [2.75, 3.05) is 0 Å². The third kappa shape index (κ3) is 3.18. The minimum absolute atomic E-state index is 0.0204. The van der Waals surface area contributed by atoms with Crippen LogP contribution in [0.4, 0.5) is 8.78 Å². The number of alkyl halides is 2. The molecule has 0 radical (unpaired) electrons. The van der Waals surface area contributed by atoms with Crippen LogP contribution in [-0.4, -0.2) is 41.3 Å². The maximum atomic E-state index is 14.7. The Bertz CT molecular complexity index is 1220. The van der Waals surface area contributed by atoms with E-state index in [-0.39, 0.29) is 17.8 Å². The van der Waals surface area contributed by atoms with Crippen LogP contribution in [0.5, 0.6) is 0 Å². The zero-order valence-electron chi connectivity index (χ0n) is 14.9. The standard InChI is InChI=1S/C17H13ClF2N8O/c1-8-9-5-6-13(17(19,20)16-23-26-27-24-16)22-15(9)28(25-8)7-11-10(14(21)29)3-2-4-12(11)18/h2-6H,7H2,1H3,(H2,21,29)(H,23,24,26,27). The van der Waals surface area contributed by atoms with E-state index in [1.54, 1.807) is 19.1 Å². The molecule has 0 aliphatic carbocycles. The maximum absolute atomic E-state index is 14.7. The Labute approximate surface area is 166 Å². The molecule has 3 N–H and O–H groups in total. The average molecular weight is 419 g/mol. The second kappa shape index (κ2) is 6.85. The van der Waals surface area contributed by atoms with Gasteiger partial charge >= 0.3 is 5.92 Å². The number of nitrogens with zero attached hydrogens (tertiary/aromatic N) is 6. The SMILES string of the molecule is Cc1nn(Cc2c(Cl)cccc2C(N)=O)c2nc(C(F)(F)c3nn[nH]n3)ccc12. The van der Waals surface area contributed by atoms with Crippen molar-refractivity contribution in [3.05, 3.63) is 63.7 Å². The molecule has 0 atom stereocenters. The number of fused-ring (bicyclic) bond motifs is 1. The molecular formula is C17H13ClF2N8O. The van der Waals surface area contributed by atoms with Crippen LogP contribution in [0.2, 0.25) is 5.02 Å². The Kier molecular flexibility index (Phi) is 4.46. The number of aryl methyl sites for hydroxylation is 1. The van der Waals surface area contributed by atoms with Gasteiger partial charge in [-0.25, -0.2) is 9.67 Å². The van der Waals surface area contributed by atoms with Gasteiger partial charge in [0.1, 0.15) is 5.69 Å². The van der Waals surface area contributed by atoms with Gasteiger partial charge in [-0.1, -0.05) is 17.7 Å². The third-order valence-electron chi connectivity index (χ3n) is 4.42. The van der Waals surface area contributed by atoms with E-state index < -0.39 is 23.3 Å². The van der Waals surface area contributed by atoms with Crippen molar-refractivity contribution in [2.45, 2.75) is 19.4 Å². The van der Waals surface area contributed by atoms with Gasteiger partial charge in [-0.3, -0.25) is 4.79 Å². The first-order valence-corrected chi connectivity index (χ1v) is 8.70. The highest BCUT2D eigenvalue weighted by Gasteiger charge is 2.41. The second-order valence-corrected chi connectivity index (χ2v) is 6.66. The minimum Gasteiger partial charge on any atom is -0.366 e. The number of carbonyl (C=O) groups excluding carboxylic acids is 1. The number of hydrogen-bond donors (Lipinski definition) is 2. The van der Waals surface area contributed by atoms with Crippen molar-refractivity contribution in [2.24, 2.45) is 5.73 Å². The van der Waals surface area contributed by atoms with E-state index >= 15 is 0 Å². The number of aromatic amines is 1. The molecule has 148 valence electrons. The summed E-state index contributed by atoms with van der Waals surface area (Å²) in [5, 5.41) is 17.1. The van der Waals surface area contributed by atoms with Crippen LogP contribution in [0.25, 0.3) is 11.0 Å². The number of nitrogens with one attached hydrogen (secondary N) is 1. The summed E-state index contributed by atoms with van der Waals surface area (Å²) in [5.41, 5.74) is 6.26. The van der Waals surface area contributed by atoms with Gasteiger partial charge < -0.3 is 5.73 Å². The topological polar surface area (TPSA) is 128 Å². The maximum Gasteiger partial charge on any atom is 0.351 e. The number of tetrazole rings is 1. The number of amides is 1. The summed E-state index contributed by atoms with van der Waals surface area (Å²) in [6.45, 7) is 1.74. The fourth-order valence-electron chi connectivity index (χ4n) is 3.00. The molecule has 3 aromatic heterocycles. The molecule has 12 heteroatoms. The van der Waals surface area contributed by atoms with Crippen LogP contribution in [0.3, 0.4) is 0 Å². The lowest BCUT2D eigenvalue weighted by atomic mass is 10.1. The Morgan fingerprint density at radius 3 is 2.79 bits per heavy atom. The summed E-state index contributed by atoms with van der Waals surface area (Å²) < 4.78 is 30.8. The molecule has 3 heterocycles. The van der Waals surface area contributed by atoms with Crippen molar-refractivity contribution >= 4 is 28.5 Å². The van der Waals surface area contributed by atoms with Crippen LogP contribution in [0, 0.1) is 6.92 Å². The van der Waals surface area contributed by atoms with E-state index in [4.69, 9.17) is 17.3 Å². The molecule has 4 rings (SSSR count). The number of nitrogens with two attached hydrogens (primary N) is 1. The van der Waals surface area contributed by atoms with E-state index in [0.29, 0.717) is 21.7 Å². The summed E-state index contributed by atoms with van der Waals surface area (Å²) in [6, 6.07) is 7.41.